The predicted octanol–water partition coefficient (Wildman–Crippen LogP) is 4.51. The van der Waals surface area contributed by atoms with E-state index in [-0.39, 0.29) is 12.1 Å². The van der Waals surface area contributed by atoms with Gasteiger partial charge in [0.15, 0.2) is 0 Å². The number of amides is 2. The zero-order chi connectivity index (χ0) is 16.9. The molecular weight excluding hydrogens is 324 g/mol. The number of benzene rings is 2. The lowest BCUT2D eigenvalue weighted by molar-refractivity contribution is -0.0135. The van der Waals surface area contributed by atoms with Crippen LogP contribution in [0, 0.1) is 0 Å². The fourth-order valence-electron chi connectivity index (χ4n) is 2.86. The molecule has 5 heteroatoms. The van der Waals surface area contributed by atoms with Crippen LogP contribution < -0.4 is 5.32 Å². The maximum Gasteiger partial charge on any atom is 0.322 e. The number of urea groups is 1. The molecule has 0 saturated carbocycles. The molecule has 0 aliphatic carbocycles. The summed E-state index contributed by atoms with van der Waals surface area (Å²) in [6, 6.07) is 15.4. The molecule has 1 heterocycles. The molecule has 126 valence electrons. The highest BCUT2D eigenvalue weighted by atomic mass is 35.5. The first kappa shape index (κ1) is 16.8. The highest BCUT2D eigenvalue weighted by molar-refractivity contribution is 6.30. The number of halogens is 1. The van der Waals surface area contributed by atoms with Crippen LogP contribution in [0.5, 0.6) is 0 Å². The molecule has 1 saturated heterocycles. The Balaban J connectivity index is 1.68. The van der Waals surface area contributed by atoms with Crippen molar-refractivity contribution in [2.75, 3.05) is 25.0 Å². The lowest BCUT2D eigenvalue weighted by Crippen LogP contribution is -2.44. The summed E-state index contributed by atoms with van der Waals surface area (Å²) in [6.45, 7) is 3.72. The van der Waals surface area contributed by atoms with E-state index in [0.717, 1.165) is 23.2 Å². The molecule has 1 unspecified atom stereocenters. The Bertz CT molecular complexity index is 703. The van der Waals surface area contributed by atoms with Crippen LogP contribution >= 0.6 is 11.6 Å². The Morgan fingerprint density at radius 3 is 2.75 bits per heavy atom. The third kappa shape index (κ3) is 3.89. The van der Waals surface area contributed by atoms with Crippen LogP contribution in [0.25, 0.3) is 0 Å². The standard InChI is InChI=1S/C19H21ClN2O2/c1-2-14-5-3-4-6-17(14)21-19(23)22-11-12-24-18(13-22)15-7-9-16(20)10-8-15/h3-10,18H,2,11-13H2,1H3,(H,21,23). The van der Waals surface area contributed by atoms with Crippen molar-refractivity contribution >= 4 is 23.3 Å². The van der Waals surface area contributed by atoms with Gasteiger partial charge in [0, 0.05) is 17.3 Å². The van der Waals surface area contributed by atoms with E-state index in [0.29, 0.717) is 24.7 Å². The normalized spacial score (nSPS) is 17.6. The summed E-state index contributed by atoms with van der Waals surface area (Å²) < 4.78 is 5.81. The predicted molar refractivity (Wildman–Crippen MR) is 96.6 cm³/mol. The van der Waals surface area contributed by atoms with Crippen molar-refractivity contribution in [3.05, 3.63) is 64.7 Å². The van der Waals surface area contributed by atoms with Crippen LogP contribution in [0.4, 0.5) is 10.5 Å². The number of rotatable bonds is 3. The van der Waals surface area contributed by atoms with Crippen molar-refractivity contribution in [1.29, 1.82) is 0 Å². The van der Waals surface area contributed by atoms with E-state index in [4.69, 9.17) is 16.3 Å². The van der Waals surface area contributed by atoms with Gasteiger partial charge in [0.1, 0.15) is 6.10 Å². The molecule has 3 rings (SSSR count). The van der Waals surface area contributed by atoms with Crippen molar-refractivity contribution < 1.29 is 9.53 Å². The van der Waals surface area contributed by atoms with Crippen molar-refractivity contribution in [1.82, 2.24) is 4.90 Å². The zero-order valence-electron chi connectivity index (χ0n) is 13.7. The molecule has 2 aromatic carbocycles. The second kappa shape index (κ2) is 7.69. The highest BCUT2D eigenvalue weighted by Crippen LogP contribution is 2.24. The Morgan fingerprint density at radius 1 is 1.25 bits per heavy atom. The summed E-state index contributed by atoms with van der Waals surface area (Å²) in [6.07, 6.45) is 0.760. The van der Waals surface area contributed by atoms with Gasteiger partial charge in [-0.3, -0.25) is 0 Å². The van der Waals surface area contributed by atoms with Crippen LogP contribution in [0.3, 0.4) is 0 Å². The summed E-state index contributed by atoms with van der Waals surface area (Å²) in [5.41, 5.74) is 3.04. The molecule has 1 aliphatic rings. The average molecular weight is 345 g/mol. The van der Waals surface area contributed by atoms with Gasteiger partial charge in [-0.25, -0.2) is 4.79 Å². The summed E-state index contributed by atoms with van der Waals surface area (Å²) in [4.78, 5) is 14.4. The topological polar surface area (TPSA) is 41.6 Å². The molecule has 1 N–H and O–H groups in total. The fourth-order valence-corrected chi connectivity index (χ4v) is 2.98. The maximum atomic E-state index is 12.6. The number of anilines is 1. The average Bonchev–Trinajstić information content (AvgIpc) is 2.63. The number of carbonyl (C=O) groups is 1. The Kier molecular flexibility index (Phi) is 5.38. The molecule has 2 aromatic rings. The van der Waals surface area contributed by atoms with Crippen LogP contribution in [-0.2, 0) is 11.2 Å². The Labute approximate surface area is 147 Å². The van der Waals surface area contributed by atoms with Crippen molar-refractivity contribution in [2.45, 2.75) is 19.4 Å². The number of ether oxygens (including phenoxy) is 1. The van der Waals surface area contributed by atoms with Gasteiger partial charge in [-0.2, -0.15) is 0 Å². The molecule has 1 fully saturated rings. The number of nitrogens with one attached hydrogen (secondary N) is 1. The second-order valence-electron chi connectivity index (χ2n) is 5.80. The SMILES string of the molecule is CCc1ccccc1NC(=O)N1CCOC(c2ccc(Cl)cc2)C1. The number of morpholine rings is 1. The lowest BCUT2D eigenvalue weighted by atomic mass is 10.1. The van der Waals surface area contributed by atoms with Gasteiger partial charge in [-0.15, -0.1) is 0 Å². The number of aryl methyl sites for hydroxylation is 1. The van der Waals surface area contributed by atoms with Gasteiger partial charge >= 0.3 is 6.03 Å². The molecule has 1 aliphatic heterocycles. The third-order valence-corrected chi connectivity index (χ3v) is 4.49. The monoisotopic (exact) mass is 344 g/mol. The number of hydrogen-bond acceptors (Lipinski definition) is 2. The Hall–Kier alpha value is -2.04. The van der Waals surface area contributed by atoms with Crippen LogP contribution in [0.1, 0.15) is 24.2 Å². The minimum atomic E-state index is -0.122. The summed E-state index contributed by atoms with van der Waals surface area (Å²) in [7, 11) is 0. The van der Waals surface area contributed by atoms with Gasteiger partial charge in [-0.1, -0.05) is 48.9 Å². The van der Waals surface area contributed by atoms with Crippen molar-refractivity contribution in [3.8, 4) is 0 Å². The first-order valence-electron chi connectivity index (χ1n) is 8.18. The van der Waals surface area contributed by atoms with Crippen LogP contribution in [-0.4, -0.2) is 30.6 Å². The molecule has 0 bridgehead atoms. The molecule has 0 aromatic heterocycles. The molecule has 0 radical (unpaired) electrons. The maximum absolute atomic E-state index is 12.6. The minimum Gasteiger partial charge on any atom is -0.370 e. The molecule has 2 amide bonds. The van der Waals surface area contributed by atoms with E-state index in [2.05, 4.69) is 12.2 Å². The summed E-state index contributed by atoms with van der Waals surface area (Å²) in [5.74, 6) is 0. The van der Waals surface area contributed by atoms with Crippen LogP contribution in [0.15, 0.2) is 48.5 Å². The van der Waals surface area contributed by atoms with Gasteiger partial charge in [0.25, 0.3) is 0 Å². The molecule has 0 spiro atoms. The zero-order valence-corrected chi connectivity index (χ0v) is 14.4. The number of hydrogen-bond donors (Lipinski definition) is 1. The van der Waals surface area contributed by atoms with Gasteiger partial charge < -0.3 is 15.0 Å². The molecule has 24 heavy (non-hydrogen) atoms. The summed E-state index contributed by atoms with van der Waals surface area (Å²) >= 11 is 5.93. The van der Waals surface area contributed by atoms with Gasteiger partial charge in [0.2, 0.25) is 0 Å². The highest BCUT2D eigenvalue weighted by Gasteiger charge is 2.25. The van der Waals surface area contributed by atoms with Crippen molar-refractivity contribution in [2.24, 2.45) is 0 Å². The fraction of sp³-hybridized carbons (Fsp3) is 0.316. The first-order valence-corrected chi connectivity index (χ1v) is 8.56. The second-order valence-corrected chi connectivity index (χ2v) is 6.23. The van der Waals surface area contributed by atoms with E-state index >= 15 is 0 Å². The van der Waals surface area contributed by atoms with Gasteiger partial charge in [0.05, 0.1) is 13.2 Å². The Morgan fingerprint density at radius 2 is 2.00 bits per heavy atom. The first-order chi connectivity index (χ1) is 11.7. The molecular formula is C19H21ClN2O2. The lowest BCUT2D eigenvalue weighted by Gasteiger charge is -2.33. The quantitative estimate of drug-likeness (QED) is 0.890. The van der Waals surface area contributed by atoms with Gasteiger partial charge in [-0.05, 0) is 35.7 Å². The minimum absolute atomic E-state index is 0.0850. The largest absolute Gasteiger partial charge is 0.370 e. The molecule has 1 atom stereocenters. The number of carbonyl (C=O) groups excluding carboxylic acids is 1. The van der Waals surface area contributed by atoms with E-state index in [1.54, 1.807) is 4.90 Å². The third-order valence-electron chi connectivity index (χ3n) is 4.24. The van der Waals surface area contributed by atoms with Crippen LogP contribution in [0.2, 0.25) is 5.02 Å². The number of para-hydroxylation sites is 1. The molecule has 4 nitrogen and oxygen atoms in total. The number of nitrogens with zero attached hydrogens (tertiary/aromatic N) is 1. The van der Waals surface area contributed by atoms with E-state index in [1.807, 2.05) is 48.5 Å². The summed E-state index contributed by atoms with van der Waals surface area (Å²) in [5, 5.41) is 3.72. The van der Waals surface area contributed by atoms with E-state index < -0.39 is 0 Å². The smallest absolute Gasteiger partial charge is 0.322 e. The van der Waals surface area contributed by atoms with E-state index in [1.165, 1.54) is 0 Å². The van der Waals surface area contributed by atoms with Crippen molar-refractivity contribution in [3.63, 3.8) is 0 Å². The van der Waals surface area contributed by atoms with E-state index in [9.17, 15) is 4.79 Å².